The summed E-state index contributed by atoms with van der Waals surface area (Å²) in [4.78, 5) is 23.8. The summed E-state index contributed by atoms with van der Waals surface area (Å²) >= 11 is 2.01. The van der Waals surface area contributed by atoms with E-state index in [9.17, 15) is 14.9 Å². The molecule has 6 heteroatoms. The van der Waals surface area contributed by atoms with Gasteiger partial charge < -0.3 is 4.90 Å². The van der Waals surface area contributed by atoms with Gasteiger partial charge in [0.2, 0.25) is 5.91 Å². The normalized spacial score (nSPS) is 14.9. The van der Waals surface area contributed by atoms with Crippen molar-refractivity contribution in [3.05, 3.63) is 36.9 Å². The zero-order valence-corrected chi connectivity index (χ0v) is 12.1. The number of aryl methyl sites for hydroxylation is 1. The highest BCUT2D eigenvalue weighted by atomic mass is 127. The summed E-state index contributed by atoms with van der Waals surface area (Å²) in [7, 11) is 0. The lowest BCUT2D eigenvalue weighted by atomic mass is 10.0. The minimum absolute atomic E-state index is 0.0187. The molecular weight excluding hydrogens is 347 g/mol. The van der Waals surface area contributed by atoms with Crippen LogP contribution in [0.3, 0.4) is 0 Å². The number of carbonyl (C=O) groups excluding carboxylic acids is 1. The highest BCUT2D eigenvalue weighted by molar-refractivity contribution is 14.1. The van der Waals surface area contributed by atoms with Crippen molar-refractivity contribution in [2.24, 2.45) is 0 Å². The average Bonchev–Trinajstić information content (AvgIpc) is 2.51. The third-order valence-electron chi connectivity index (χ3n) is 3.18. The van der Waals surface area contributed by atoms with Gasteiger partial charge in [-0.15, -0.1) is 0 Å². The van der Waals surface area contributed by atoms with Gasteiger partial charge in [-0.05, 0) is 46.6 Å². The molecule has 1 heterocycles. The lowest BCUT2D eigenvalue weighted by Gasteiger charge is -2.19. The van der Waals surface area contributed by atoms with Gasteiger partial charge in [0.1, 0.15) is 0 Å². The fourth-order valence-corrected chi connectivity index (χ4v) is 3.09. The molecule has 2 rings (SSSR count). The number of fused-ring (bicyclic) bond motifs is 1. The molecule has 0 N–H and O–H groups in total. The van der Waals surface area contributed by atoms with E-state index in [0.29, 0.717) is 16.7 Å². The number of nitro groups is 1. The number of halogens is 1. The van der Waals surface area contributed by atoms with Crippen molar-refractivity contribution in [2.45, 2.75) is 26.3 Å². The van der Waals surface area contributed by atoms with Gasteiger partial charge in [-0.25, -0.2) is 0 Å². The quantitative estimate of drug-likeness (QED) is 0.439. The van der Waals surface area contributed by atoms with E-state index >= 15 is 0 Å². The van der Waals surface area contributed by atoms with E-state index in [1.807, 2.05) is 28.7 Å². The Labute approximate surface area is 118 Å². The SMILES string of the molecule is CC(=O)N1CCCc2ccc([N+](=O)[O-])c(I)c2C1. The Kier molecular flexibility index (Phi) is 3.84. The molecular formula is C12H13IN2O3. The predicted molar refractivity (Wildman–Crippen MR) is 75.2 cm³/mol. The lowest BCUT2D eigenvalue weighted by molar-refractivity contribution is -0.385. The van der Waals surface area contributed by atoms with E-state index in [-0.39, 0.29) is 16.5 Å². The molecule has 0 radical (unpaired) electrons. The molecule has 0 saturated carbocycles. The van der Waals surface area contributed by atoms with Gasteiger partial charge in [0.15, 0.2) is 0 Å². The van der Waals surface area contributed by atoms with E-state index in [4.69, 9.17) is 0 Å². The summed E-state index contributed by atoms with van der Waals surface area (Å²) < 4.78 is 0.656. The second-order valence-corrected chi connectivity index (χ2v) is 5.42. The standard InChI is InChI=1S/C12H13IN2O3/c1-8(16)14-6-2-3-9-4-5-11(15(17)18)12(13)10(9)7-14/h4-5H,2-3,6-7H2,1H3. The van der Waals surface area contributed by atoms with Crippen LogP contribution < -0.4 is 0 Å². The summed E-state index contributed by atoms with van der Waals surface area (Å²) in [6.45, 7) is 2.73. The lowest BCUT2D eigenvalue weighted by Crippen LogP contribution is -2.28. The van der Waals surface area contributed by atoms with Crippen LogP contribution in [0.1, 0.15) is 24.5 Å². The fraction of sp³-hybridized carbons (Fsp3) is 0.417. The van der Waals surface area contributed by atoms with Crippen LogP contribution in [0.4, 0.5) is 5.69 Å². The number of nitrogens with zero attached hydrogens (tertiary/aromatic N) is 2. The van der Waals surface area contributed by atoms with Crippen molar-refractivity contribution in [3.8, 4) is 0 Å². The number of rotatable bonds is 1. The molecule has 0 bridgehead atoms. The zero-order chi connectivity index (χ0) is 13.3. The minimum Gasteiger partial charge on any atom is -0.339 e. The fourth-order valence-electron chi connectivity index (χ4n) is 2.19. The monoisotopic (exact) mass is 360 g/mol. The summed E-state index contributed by atoms with van der Waals surface area (Å²) in [5, 5.41) is 10.9. The van der Waals surface area contributed by atoms with Gasteiger partial charge in [0, 0.05) is 26.1 Å². The van der Waals surface area contributed by atoms with Gasteiger partial charge in [-0.3, -0.25) is 14.9 Å². The molecule has 1 amide bonds. The van der Waals surface area contributed by atoms with Crippen LogP contribution in [-0.2, 0) is 17.8 Å². The first-order chi connectivity index (χ1) is 8.50. The van der Waals surface area contributed by atoms with Gasteiger partial charge in [0.05, 0.1) is 8.49 Å². The smallest absolute Gasteiger partial charge is 0.283 e. The average molecular weight is 360 g/mol. The third-order valence-corrected chi connectivity index (χ3v) is 4.39. The highest BCUT2D eigenvalue weighted by Gasteiger charge is 2.23. The molecule has 0 fully saturated rings. The maximum absolute atomic E-state index is 11.5. The van der Waals surface area contributed by atoms with E-state index in [1.54, 1.807) is 11.0 Å². The van der Waals surface area contributed by atoms with Crippen molar-refractivity contribution >= 4 is 34.2 Å². The molecule has 0 unspecified atom stereocenters. The second-order valence-electron chi connectivity index (χ2n) is 4.34. The third kappa shape index (κ3) is 2.47. The Morgan fingerprint density at radius 3 is 2.83 bits per heavy atom. The van der Waals surface area contributed by atoms with Crippen molar-refractivity contribution in [3.63, 3.8) is 0 Å². The van der Waals surface area contributed by atoms with Crippen molar-refractivity contribution in [2.75, 3.05) is 6.54 Å². The summed E-state index contributed by atoms with van der Waals surface area (Å²) in [5.41, 5.74) is 2.17. The number of carbonyl (C=O) groups is 1. The Hall–Kier alpha value is -1.18. The van der Waals surface area contributed by atoms with Crippen molar-refractivity contribution < 1.29 is 9.72 Å². The van der Waals surface area contributed by atoms with Crippen LogP contribution in [0, 0.1) is 13.7 Å². The van der Waals surface area contributed by atoms with Crippen LogP contribution >= 0.6 is 22.6 Å². The molecule has 0 saturated heterocycles. The highest BCUT2D eigenvalue weighted by Crippen LogP contribution is 2.30. The Morgan fingerprint density at radius 2 is 2.22 bits per heavy atom. The Morgan fingerprint density at radius 1 is 1.50 bits per heavy atom. The maximum Gasteiger partial charge on any atom is 0.283 e. The van der Waals surface area contributed by atoms with Gasteiger partial charge in [-0.2, -0.15) is 0 Å². The molecule has 1 aliphatic heterocycles. The summed E-state index contributed by atoms with van der Waals surface area (Å²) in [5.74, 6) is 0.0187. The number of nitro benzene ring substituents is 1. The largest absolute Gasteiger partial charge is 0.339 e. The molecule has 5 nitrogen and oxygen atoms in total. The predicted octanol–water partition coefficient (Wildman–Crippen LogP) is 2.49. The molecule has 96 valence electrons. The number of amides is 1. The zero-order valence-electron chi connectivity index (χ0n) is 9.98. The van der Waals surface area contributed by atoms with Crippen LogP contribution in [0.2, 0.25) is 0 Å². The number of hydrogen-bond donors (Lipinski definition) is 0. The van der Waals surface area contributed by atoms with E-state index in [1.165, 1.54) is 6.92 Å². The van der Waals surface area contributed by atoms with Gasteiger partial charge >= 0.3 is 0 Å². The minimum atomic E-state index is -0.370. The number of hydrogen-bond acceptors (Lipinski definition) is 3. The van der Waals surface area contributed by atoms with Crippen LogP contribution in [0.5, 0.6) is 0 Å². The first kappa shape index (κ1) is 13.3. The first-order valence-electron chi connectivity index (χ1n) is 5.71. The second kappa shape index (κ2) is 5.21. The Balaban J connectivity index is 2.47. The van der Waals surface area contributed by atoms with Gasteiger partial charge in [-0.1, -0.05) is 6.07 Å². The molecule has 0 aliphatic carbocycles. The van der Waals surface area contributed by atoms with Crippen LogP contribution in [0.25, 0.3) is 0 Å². The molecule has 0 aromatic heterocycles. The summed E-state index contributed by atoms with van der Waals surface area (Å²) in [6, 6.07) is 3.38. The van der Waals surface area contributed by atoms with Crippen molar-refractivity contribution in [1.82, 2.24) is 4.90 Å². The Bertz CT molecular complexity index is 516. The molecule has 1 aromatic rings. The topological polar surface area (TPSA) is 63.5 Å². The maximum atomic E-state index is 11.5. The van der Waals surface area contributed by atoms with E-state index in [2.05, 4.69) is 0 Å². The number of benzene rings is 1. The van der Waals surface area contributed by atoms with E-state index < -0.39 is 0 Å². The van der Waals surface area contributed by atoms with E-state index in [0.717, 1.165) is 24.0 Å². The van der Waals surface area contributed by atoms with Gasteiger partial charge in [0.25, 0.3) is 5.69 Å². The molecule has 0 atom stereocenters. The molecule has 18 heavy (non-hydrogen) atoms. The van der Waals surface area contributed by atoms with Crippen molar-refractivity contribution in [1.29, 1.82) is 0 Å². The molecule has 1 aromatic carbocycles. The summed E-state index contributed by atoms with van der Waals surface area (Å²) in [6.07, 6.45) is 1.77. The van der Waals surface area contributed by atoms with Crippen LogP contribution in [0.15, 0.2) is 12.1 Å². The first-order valence-corrected chi connectivity index (χ1v) is 6.78. The molecule has 0 spiro atoms. The molecule has 1 aliphatic rings. The van der Waals surface area contributed by atoms with Crippen LogP contribution in [-0.4, -0.2) is 22.3 Å².